The number of methoxy groups -OCH3 is 1. The molecule has 1 aliphatic heterocycles. The number of Topliss-reactive ketones (excluding diaryl/α,β-unsaturated/α-hetero) is 1. The molecule has 18 heavy (non-hydrogen) atoms. The molecule has 4 heteroatoms. The molecule has 0 aliphatic carbocycles. The van der Waals surface area contributed by atoms with E-state index in [1.54, 1.807) is 14.0 Å². The molecule has 2 rings (SSSR count). The van der Waals surface area contributed by atoms with Gasteiger partial charge in [0.25, 0.3) is 0 Å². The maximum absolute atomic E-state index is 11.3. The Morgan fingerprint density at radius 2 is 2.33 bits per heavy atom. The van der Waals surface area contributed by atoms with Crippen molar-refractivity contribution in [1.29, 1.82) is 0 Å². The average molecular weight is 250 g/mol. The summed E-state index contributed by atoms with van der Waals surface area (Å²) < 4.78 is 16.5. The van der Waals surface area contributed by atoms with E-state index in [1.165, 1.54) is 0 Å². The van der Waals surface area contributed by atoms with E-state index in [9.17, 15) is 4.79 Å². The molecule has 1 heterocycles. The van der Waals surface area contributed by atoms with Crippen molar-refractivity contribution < 1.29 is 19.0 Å². The van der Waals surface area contributed by atoms with E-state index >= 15 is 0 Å². The van der Waals surface area contributed by atoms with Crippen molar-refractivity contribution in [3.63, 3.8) is 0 Å². The first-order valence-electron chi connectivity index (χ1n) is 6.10. The molecule has 0 bridgehead atoms. The van der Waals surface area contributed by atoms with E-state index in [1.807, 2.05) is 18.2 Å². The van der Waals surface area contributed by atoms with Crippen LogP contribution in [0.5, 0.6) is 11.5 Å². The van der Waals surface area contributed by atoms with E-state index in [-0.39, 0.29) is 11.9 Å². The molecular formula is C14H18O4. The van der Waals surface area contributed by atoms with E-state index in [2.05, 4.69) is 0 Å². The molecule has 0 N–H and O–H groups in total. The number of hydrogen-bond acceptors (Lipinski definition) is 4. The smallest absolute Gasteiger partial charge is 0.165 e. The molecule has 1 aromatic carbocycles. The lowest BCUT2D eigenvalue weighted by Gasteiger charge is -2.18. The van der Waals surface area contributed by atoms with E-state index in [4.69, 9.17) is 14.2 Å². The van der Waals surface area contributed by atoms with Crippen LogP contribution in [0.1, 0.15) is 18.9 Å². The van der Waals surface area contributed by atoms with Crippen molar-refractivity contribution in [1.82, 2.24) is 0 Å². The Morgan fingerprint density at radius 1 is 1.50 bits per heavy atom. The summed E-state index contributed by atoms with van der Waals surface area (Å²) >= 11 is 0. The van der Waals surface area contributed by atoms with Crippen LogP contribution in [0.15, 0.2) is 18.2 Å². The predicted octanol–water partition coefficient (Wildman–Crippen LogP) is 1.99. The Kier molecular flexibility index (Phi) is 4.20. The molecule has 0 saturated carbocycles. The van der Waals surface area contributed by atoms with E-state index < -0.39 is 0 Å². The quantitative estimate of drug-likeness (QED) is 0.801. The maximum atomic E-state index is 11.3. The second-order valence-corrected chi connectivity index (χ2v) is 4.43. The highest BCUT2D eigenvalue weighted by atomic mass is 16.6. The molecule has 1 aromatic rings. The Hall–Kier alpha value is -1.55. The van der Waals surface area contributed by atoms with Crippen molar-refractivity contribution in [3.05, 3.63) is 23.8 Å². The Bertz CT molecular complexity index is 422. The van der Waals surface area contributed by atoms with Gasteiger partial charge in [-0.25, -0.2) is 0 Å². The SMILES string of the molecule is COc1cccc(CC(C)=O)c1OC1CCOC1. The molecule has 1 saturated heterocycles. The van der Waals surface area contributed by atoms with Gasteiger partial charge in [-0.2, -0.15) is 0 Å². The Balaban J connectivity index is 2.24. The fourth-order valence-electron chi connectivity index (χ4n) is 2.04. The van der Waals surface area contributed by atoms with Gasteiger partial charge in [-0.1, -0.05) is 12.1 Å². The molecule has 1 fully saturated rings. The average Bonchev–Trinajstić information content (AvgIpc) is 2.83. The second-order valence-electron chi connectivity index (χ2n) is 4.43. The zero-order chi connectivity index (χ0) is 13.0. The van der Waals surface area contributed by atoms with Gasteiger partial charge in [-0.15, -0.1) is 0 Å². The molecule has 0 aromatic heterocycles. The standard InChI is InChI=1S/C14H18O4/c1-10(15)8-11-4-3-5-13(16-2)14(11)18-12-6-7-17-9-12/h3-5,12H,6-9H2,1-2H3. The van der Waals surface area contributed by atoms with Crippen molar-refractivity contribution in [2.75, 3.05) is 20.3 Å². The van der Waals surface area contributed by atoms with Gasteiger partial charge in [0.05, 0.1) is 20.3 Å². The lowest BCUT2D eigenvalue weighted by atomic mass is 10.1. The van der Waals surface area contributed by atoms with Crippen LogP contribution in [0.4, 0.5) is 0 Å². The highest BCUT2D eigenvalue weighted by Gasteiger charge is 2.21. The van der Waals surface area contributed by atoms with Crippen LogP contribution in [0.3, 0.4) is 0 Å². The molecule has 4 nitrogen and oxygen atoms in total. The van der Waals surface area contributed by atoms with Crippen molar-refractivity contribution in [2.45, 2.75) is 25.9 Å². The van der Waals surface area contributed by atoms with Crippen LogP contribution >= 0.6 is 0 Å². The maximum Gasteiger partial charge on any atom is 0.165 e. The number of hydrogen-bond donors (Lipinski definition) is 0. The van der Waals surface area contributed by atoms with Gasteiger partial charge in [-0.3, -0.25) is 4.79 Å². The summed E-state index contributed by atoms with van der Waals surface area (Å²) in [7, 11) is 1.60. The minimum absolute atomic E-state index is 0.0482. The Labute approximate surface area is 107 Å². The third-order valence-corrected chi connectivity index (χ3v) is 2.89. The van der Waals surface area contributed by atoms with Crippen LogP contribution < -0.4 is 9.47 Å². The lowest BCUT2D eigenvalue weighted by molar-refractivity contribution is -0.116. The fourth-order valence-corrected chi connectivity index (χ4v) is 2.04. The predicted molar refractivity (Wildman–Crippen MR) is 67.2 cm³/mol. The minimum atomic E-state index is 0.0482. The topological polar surface area (TPSA) is 44.8 Å². The summed E-state index contributed by atoms with van der Waals surface area (Å²) in [4.78, 5) is 11.3. The summed E-state index contributed by atoms with van der Waals surface area (Å²) in [5, 5.41) is 0. The molecular weight excluding hydrogens is 232 g/mol. The first-order valence-corrected chi connectivity index (χ1v) is 6.10. The molecule has 1 atom stereocenters. The highest BCUT2D eigenvalue weighted by Crippen LogP contribution is 2.33. The summed E-state index contributed by atoms with van der Waals surface area (Å²) in [6, 6.07) is 5.61. The zero-order valence-electron chi connectivity index (χ0n) is 10.8. The van der Waals surface area contributed by atoms with Gasteiger partial charge in [-0.05, 0) is 13.0 Å². The summed E-state index contributed by atoms with van der Waals surface area (Å²) in [5.41, 5.74) is 0.869. The normalized spacial score (nSPS) is 18.7. The number of carbonyl (C=O) groups excluding carboxylic acids is 1. The molecule has 0 spiro atoms. The van der Waals surface area contributed by atoms with Gasteiger partial charge in [0.1, 0.15) is 11.9 Å². The zero-order valence-corrected chi connectivity index (χ0v) is 10.8. The van der Waals surface area contributed by atoms with Gasteiger partial charge in [0, 0.05) is 18.4 Å². The van der Waals surface area contributed by atoms with Crippen LogP contribution in [-0.2, 0) is 16.0 Å². The summed E-state index contributed by atoms with van der Waals surface area (Å²) in [6.45, 7) is 2.89. The van der Waals surface area contributed by atoms with Crippen molar-refractivity contribution >= 4 is 5.78 Å². The van der Waals surface area contributed by atoms with Crippen LogP contribution in [-0.4, -0.2) is 32.2 Å². The Morgan fingerprint density at radius 3 is 2.94 bits per heavy atom. The lowest BCUT2D eigenvalue weighted by Crippen LogP contribution is -2.17. The molecule has 0 radical (unpaired) electrons. The number of benzene rings is 1. The van der Waals surface area contributed by atoms with Crippen LogP contribution in [0.25, 0.3) is 0 Å². The third-order valence-electron chi connectivity index (χ3n) is 2.89. The largest absolute Gasteiger partial charge is 0.493 e. The van der Waals surface area contributed by atoms with Gasteiger partial charge < -0.3 is 14.2 Å². The fraction of sp³-hybridized carbons (Fsp3) is 0.500. The van der Waals surface area contributed by atoms with Crippen LogP contribution in [0, 0.1) is 0 Å². The number of ether oxygens (including phenoxy) is 3. The second kappa shape index (κ2) is 5.87. The number of rotatable bonds is 5. The van der Waals surface area contributed by atoms with Gasteiger partial charge in [0.2, 0.25) is 0 Å². The van der Waals surface area contributed by atoms with E-state index in [0.717, 1.165) is 18.6 Å². The minimum Gasteiger partial charge on any atom is -0.493 e. The molecule has 1 aliphatic rings. The first kappa shape index (κ1) is 12.9. The number of carbonyl (C=O) groups is 1. The van der Waals surface area contributed by atoms with Crippen molar-refractivity contribution in [2.24, 2.45) is 0 Å². The van der Waals surface area contributed by atoms with Gasteiger partial charge in [0.15, 0.2) is 11.5 Å². The number of ketones is 1. The first-order chi connectivity index (χ1) is 8.70. The number of para-hydroxylation sites is 1. The highest BCUT2D eigenvalue weighted by molar-refractivity contribution is 5.79. The third kappa shape index (κ3) is 3.01. The molecule has 0 amide bonds. The van der Waals surface area contributed by atoms with Crippen molar-refractivity contribution in [3.8, 4) is 11.5 Å². The summed E-state index contributed by atoms with van der Waals surface area (Å²) in [5.74, 6) is 1.45. The van der Waals surface area contributed by atoms with Crippen LogP contribution in [0.2, 0.25) is 0 Å². The molecule has 98 valence electrons. The monoisotopic (exact) mass is 250 g/mol. The van der Waals surface area contributed by atoms with E-state index in [0.29, 0.717) is 24.5 Å². The van der Waals surface area contributed by atoms with Gasteiger partial charge >= 0.3 is 0 Å². The molecule has 1 unspecified atom stereocenters. The summed E-state index contributed by atoms with van der Waals surface area (Å²) in [6.07, 6.45) is 1.28.